The fourth-order valence-electron chi connectivity index (χ4n) is 2.04. The van der Waals surface area contributed by atoms with Gasteiger partial charge in [0.05, 0.1) is 11.8 Å². The molecule has 3 nitrogen and oxygen atoms in total. The molecule has 3 heteroatoms. The summed E-state index contributed by atoms with van der Waals surface area (Å²) in [5.41, 5.74) is 1.11. The zero-order valence-electron chi connectivity index (χ0n) is 10.1. The van der Waals surface area contributed by atoms with E-state index in [4.69, 9.17) is 4.74 Å². The SMILES string of the molecule is CC(C)Oc1cccc(C2CCCCN2)n1. The number of pyridine rings is 1. The van der Waals surface area contributed by atoms with Crippen molar-refractivity contribution in [3.63, 3.8) is 0 Å². The van der Waals surface area contributed by atoms with Gasteiger partial charge in [-0.15, -0.1) is 0 Å². The third-order valence-electron chi connectivity index (χ3n) is 2.77. The monoisotopic (exact) mass is 220 g/mol. The molecule has 1 saturated heterocycles. The number of hydrogen-bond acceptors (Lipinski definition) is 3. The van der Waals surface area contributed by atoms with Gasteiger partial charge in [-0.1, -0.05) is 12.5 Å². The van der Waals surface area contributed by atoms with Gasteiger partial charge in [-0.2, -0.15) is 0 Å². The van der Waals surface area contributed by atoms with Gasteiger partial charge in [-0.3, -0.25) is 0 Å². The Kier molecular flexibility index (Phi) is 3.78. The van der Waals surface area contributed by atoms with Gasteiger partial charge in [0, 0.05) is 12.1 Å². The Hall–Kier alpha value is -1.09. The highest BCUT2D eigenvalue weighted by Gasteiger charge is 2.16. The quantitative estimate of drug-likeness (QED) is 0.850. The predicted molar refractivity (Wildman–Crippen MR) is 64.6 cm³/mol. The summed E-state index contributed by atoms with van der Waals surface area (Å²) in [6, 6.07) is 6.43. The van der Waals surface area contributed by atoms with Crippen molar-refractivity contribution in [3.05, 3.63) is 23.9 Å². The van der Waals surface area contributed by atoms with Gasteiger partial charge in [0.15, 0.2) is 0 Å². The predicted octanol–water partition coefficient (Wildman–Crippen LogP) is 2.68. The average Bonchev–Trinajstić information content (AvgIpc) is 2.30. The van der Waals surface area contributed by atoms with Crippen LogP contribution < -0.4 is 10.1 Å². The molecule has 0 aromatic carbocycles. The molecule has 1 unspecified atom stereocenters. The minimum Gasteiger partial charge on any atom is -0.475 e. The Bertz CT molecular complexity index is 332. The van der Waals surface area contributed by atoms with E-state index in [0.29, 0.717) is 6.04 Å². The number of rotatable bonds is 3. The lowest BCUT2D eigenvalue weighted by Crippen LogP contribution is -2.27. The molecule has 0 amide bonds. The number of hydrogen-bond donors (Lipinski definition) is 1. The first kappa shape index (κ1) is 11.4. The number of piperidine rings is 1. The van der Waals surface area contributed by atoms with Crippen LogP contribution in [0.2, 0.25) is 0 Å². The summed E-state index contributed by atoms with van der Waals surface area (Å²) in [4.78, 5) is 4.55. The first-order valence-electron chi connectivity index (χ1n) is 6.12. The van der Waals surface area contributed by atoms with Crippen LogP contribution in [0.4, 0.5) is 0 Å². The van der Waals surface area contributed by atoms with Crippen molar-refractivity contribution >= 4 is 0 Å². The van der Waals surface area contributed by atoms with Crippen LogP contribution in [0.1, 0.15) is 44.8 Å². The van der Waals surface area contributed by atoms with E-state index in [1.165, 1.54) is 19.3 Å². The van der Waals surface area contributed by atoms with E-state index in [2.05, 4.69) is 16.4 Å². The van der Waals surface area contributed by atoms with E-state index in [1.54, 1.807) is 0 Å². The lowest BCUT2D eigenvalue weighted by molar-refractivity contribution is 0.231. The fraction of sp³-hybridized carbons (Fsp3) is 0.615. The van der Waals surface area contributed by atoms with Gasteiger partial charge in [0.1, 0.15) is 0 Å². The molecule has 2 heterocycles. The van der Waals surface area contributed by atoms with Crippen molar-refractivity contribution in [3.8, 4) is 5.88 Å². The Morgan fingerprint density at radius 2 is 2.25 bits per heavy atom. The van der Waals surface area contributed by atoms with Gasteiger partial charge in [-0.05, 0) is 39.3 Å². The summed E-state index contributed by atoms with van der Waals surface area (Å²) in [6.07, 6.45) is 3.92. The number of ether oxygens (including phenoxy) is 1. The maximum Gasteiger partial charge on any atom is 0.213 e. The molecule has 1 N–H and O–H groups in total. The third kappa shape index (κ3) is 2.95. The Morgan fingerprint density at radius 3 is 2.94 bits per heavy atom. The molecule has 2 rings (SSSR count). The molecule has 1 fully saturated rings. The number of aromatic nitrogens is 1. The lowest BCUT2D eigenvalue weighted by Gasteiger charge is -2.23. The van der Waals surface area contributed by atoms with Gasteiger partial charge in [-0.25, -0.2) is 4.98 Å². The van der Waals surface area contributed by atoms with Crippen LogP contribution in [0.3, 0.4) is 0 Å². The largest absolute Gasteiger partial charge is 0.475 e. The summed E-state index contributed by atoms with van der Waals surface area (Å²) in [7, 11) is 0. The molecule has 1 aliphatic rings. The summed E-state index contributed by atoms with van der Waals surface area (Å²) < 4.78 is 5.61. The highest BCUT2D eigenvalue weighted by molar-refractivity contribution is 5.18. The molecule has 0 saturated carbocycles. The maximum atomic E-state index is 5.61. The van der Waals surface area contributed by atoms with Crippen LogP contribution in [-0.4, -0.2) is 17.6 Å². The van der Waals surface area contributed by atoms with E-state index >= 15 is 0 Å². The van der Waals surface area contributed by atoms with E-state index in [9.17, 15) is 0 Å². The summed E-state index contributed by atoms with van der Waals surface area (Å²) in [5.74, 6) is 0.736. The van der Waals surface area contributed by atoms with E-state index in [1.807, 2.05) is 26.0 Å². The van der Waals surface area contributed by atoms with Crippen molar-refractivity contribution < 1.29 is 4.74 Å². The molecule has 16 heavy (non-hydrogen) atoms. The summed E-state index contributed by atoms with van der Waals surface area (Å²) >= 11 is 0. The van der Waals surface area contributed by atoms with Crippen molar-refractivity contribution in [2.75, 3.05) is 6.54 Å². The molecular formula is C13H20N2O. The van der Waals surface area contributed by atoms with Gasteiger partial charge in [0.2, 0.25) is 5.88 Å². The molecule has 0 spiro atoms. The van der Waals surface area contributed by atoms with Crippen molar-refractivity contribution in [1.29, 1.82) is 0 Å². The van der Waals surface area contributed by atoms with E-state index in [0.717, 1.165) is 18.1 Å². The third-order valence-corrected chi connectivity index (χ3v) is 2.77. The van der Waals surface area contributed by atoms with Crippen molar-refractivity contribution in [1.82, 2.24) is 10.3 Å². The van der Waals surface area contributed by atoms with Crippen molar-refractivity contribution in [2.45, 2.75) is 45.3 Å². The second-order valence-corrected chi connectivity index (χ2v) is 4.57. The zero-order chi connectivity index (χ0) is 11.4. The van der Waals surface area contributed by atoms with Crippen LogP contribution in [0.25, 0.3) is 0 Å². The Balaban J connectivity index is 2.08. The maximum absolute atomic E-state index is 5.61. The fourth-order valence-corrected chi connectivity index (χ4v) is 2.04. The van der Waals surface area contributed by atoms with Crippen LogP contribution in [0.5, 0.6) is 5.88 Å². The molecule has 1 aliphatic heterocycles. The molecule has 0 aliphatic carbocycles. The van der Waals surface area contributed by atoms with Crippen LogP contribution in [0.15, 0.2) is 18.2 Å². The normalized spacial score (nSPS) is 21.1. The summed E-state index contributed by atoms with van der Waals surface area (Å²) in [5, 5.41) is 3.50. The molecule has 1 aromatic rings. The van der Waals surface area contributed by atoms with Gasteiger partial charge in [0.25, 0.3) is 0 Å². The zero-order valence-corrected chi connectivity index (χ0v) is 10.1. The standard InChI is InChI=1S/C13H20N2O/c1-10(2)16-13-8-5-7-12(15-13)11-6-3-4-9-14-11/h5,7-8,10-11,14H,3-4,6,9H2,1-2H3. The van der Waals surface area contributed by atoms with Crippen molar-refractivity contribution in [2.24, 2.45) is 0 Å². The number of nitrogens with zero attached hydrogens (tertiary/aromatic N) is 1. The lowest BCUT2D eigenvalue weighted by atomic mass is 10.0. The molecule has 1 aromatic heterocycles. The average molecular weight is 220 g/mol. The molecule has 0 radical (unpaired) electrons. The Morgan fingerprint density at radius 1 is 1.38 bits per heavy atom. The molecule has 1 atom stereocenters. The first-order valence-corrected chi connectivity index (χ1v) is 6.12. The minimum absolute atomic E-state index is 0.182. The van der Waals surface area contributed by atoms with Gasteiger partial charge < -0.3 is 10.1 Å². The first-order chi connectivity index (χ1) is 7.75. The second-order valence-electron chi connectivity index (χ2n) is 4.57. The van der Waals surface area contributed by atoms with Crippen LogP contribution in [-0.2, 0) is 0 Å². The summed E-state index contributed by atoms with van der Waals surface area (Å²) in [6.45, 7) is 5.14. The van der Waals surface area contributed by atoms with Gasteiger partial charge >= 0.3 is 0 Å². The van der Waals surface area contributed by atoms with E-state index < -0.39 is 0 Å². The Labute approximate surface area is 97.2 Å². The van der Waals surface area contributed by atoms with Crippen LogP contribution >= 0.6 is 0 Å². The smallest absolute Gasteiger partial charge is 0.213 e. The molecule has 0 bridgehead atoms. The number of nitrogens with one attached hydrogen (secondary N) is 1. The highest BCUT2D eigenvalue weighted by Crippen LogP contribution is 2.22. The second kappa shape index (κ2) is 5.30. The van der Waals surface area contributed by atoms with Crippen LogP contribution in [0, 0.1) is 0 Å². The molecular weight excluding hydrogens is 200 g/mol. The minimum atomic E-state index is 0.182. The highest BCUT2D eigenvalue weighted by atomic mass is 16.5. The van der Waals surface area contributed by atoms with E-state index in [-0.39, 0.29) is 6.10 Å². The molecule has 88 valence electrons. The topological polar surface area (TPSA) is 34.1 Å².